The molecule has 1 saturated carbocycles. The number of rotatable bonds is 4. The average Bonchev–Trinajstić information content (AvgIpc) is 2.80. The summed E-state index contributed by atoms with van der Waals surface area (Å²) in [6, 6.07) is 4.24. The summed E-state index contributed by atoms with van der Waals surface area (Å²) in [4.78, 5) is 4.90. The molecule has 118 valence electrons. The highest BCUT2D eigenvalue weighted by molar-refractivity contribution is 5.81. The van der Waals surface area contributed by atoms with Crippen LogP contribution in [-0.4, -0.2) is 28.8 Å². The molecule has 0 amide bonds. The lowest BCUT2D eigenvalue weighted by atomic mass is 9.85. The van der Waals surface area contributed by atoms with Gasteiger partial charge < -0.3 is 19.8 Å². The molecule has 2 aromatic rings. The molecule has 0 spiro atoms. The van der Waals surface area contributed by atoms with Crippen molar-refractivity contribution in [1.29, 1.82) is 0 Å². The van der Waals surface area contributed by atoms with Gasteiger partial charge in [-0.15, -0.1) is 0 Å². The Kier molecular flexibility index (Phi) is 3.45. The molecule has 5 nitrogen and oxygen atoms in total. The van der Waals surface area contributed by atoms with Crippen LogP contribution in [0.15, 0.2) is 12.1 Å². The number of benzene rings is 1. The molecule has 22 heavy (non-hydrogen) atoms. The smallest absolute Gasteiger partial charge is 0.163 e. The molecule has 1 aromatic heterocycles. The lowest BCUT2D eigenvalue weighted by Gasteiger charge is -2.26. The third-order valence-electron chi connectivity index (χ3n) is 4.85. The van der Waals surface area contributed by atoms with Crippen molar-refractivity contribution in [3.63, 3.8) is 0 Å². The first-order valence-electron chi connectivity index (χ1n) is 8.31. The standard InChI is InChI=1S/C17H23N3O2/c1-2-12(18)10-20-14-9-16-15(21-6-7-22-16)8-13(14)19-17(20)11-4-3-5-11/h8-9,11-12H,2-7,10,18H2,1H3. The maximum atomic E-state index is 6.22. The van der Waals surface area contributed by atoms with Crippen molar-refractivity contribution in [1.82, 2.24) is 9.55 Å². The van der Waals surface area contributed by atoms with Gasteiger partial charge in [0.25, 0.3) is 0 Å². The molecule has 5 heteroatoms. The minimum Gasteiger partial charge on any atom is -0.486 e. The van der Waals surface area contributed by atoms with Crippen molar-refractivity contribution in [2.24, 2.45) is 5.73 Å². The van der Waals surface area contributed by atoms with Gasteiger partial charge in [-0.25, -0.2) is 4.98 Å². The molecule has 1 aliphatic carbocycles. The predicted molar refractivity (Wildman–Crippen MR) is 85.6 cm³/mol. The van der Waals surface area contributed by atoms with Crippen LogP contribution in [0.25, 0.3) is 11.0 Å². The fourth-order valence-electron chi connectivity index (χ4n) is 3.21. The highest BCUT2D eigenvalue weighted by atomic mass is 16.6. The number of nitrogens with zero attached hydrogens (tertiary/aromatic N) is 2. The van der Waals surface area contributed by atoms with E-state index >= 15 is 0 Å². The SMILES string of the molecule is CCC(N)Cn1c(C2CCC2)nc2cc3c(cc21)OCCO3. The van der Waals surface area contributed by atoms with E-state index in [1.807, 2.05) is 6.07 Å². The van der Waals surface area contributed by atoms with Gasteiger partial charge in [-0.2, -0.15) is 0 Å². The van der Waals surface area contributed by atoms with Gasteiger partial charge in [0.2, 0.25) is 0 Å². The van der Waals surface area contributed by atoms with E-state index in [0.717, 1.165) is 35.5 Å². The molecule has 0 bridgehead atoms. The monoisotopic (exact) mass is 301 g/mol. The normalized spacial score (nSPS) is 19.2. The summed E-state index contributed by atoms with van der Waals surface area (Å²) in [5.41, 5.74) is 8.33. The summed E-state index contributed by atoms with van der Waals surface area (Å²) < 4.78 is 13.7. The average molecular weight is 301 g/mol. The van der Waals surface area contributed by atoms with E-state index in [2.05, 4.69) is 17.6 Å². The second-order valence-electron chi connectivity index (χ2n) is 6.36. The first kappa shape index (κ1) is 13.9. The van der Waals surface area contributed by atoms with E-state index in [1.54, 1.807) is 0 Å². The van der Waals surface area contributed by atoms with E-state index in [9.17, 15) is 0 Å². The molecule has 2 heterocycles. The molecule has 0 radical (unpaired) electrons. The zero-order chi connectivity index (χ0) is 15.1. The Labute approximate surface area is 130 Å². The number of fused-ring (bicyclic) bond motifs is 2. The van der Waals surface area contributed by atoms with Crippen LogP contribution in [0.2, 0.25) is 0 Å². The van der Waals surface area contributed by atoms with Crippen molar-refractivity contribution in [3.8, 4) is 11.5 Å². The van der Waals surface area contributed by atoms with Crippen LogP contribution in [-0.2, 0) is 6.54 Å². The van der Waals surface area contributed by atoms with Crippen molar-refractivity contribution >= 4 is 11.0 Å². The van der Waals surface area contributed by atoms with Gasteiger partial charge in [0, 0.05) is 30.6 Å². The fraction of sp³-hybridized carbons (Fsp3) is 0.588. The number of hydrogen-bond donors (Lipinski definition) is 1. The number of aromatic nitrogens is 2. The van der Waals surface area contributed by atoms with Crippen molar-refractivity contribution < 1.29 is 9.47 Å². The molecule has 1 fully saturated rings. The van der Waals surface area contributed by atoms with Crippen molar-refractivity contribution in [3.05, 3.63) is 18.0 Å². The maximum absolute atomic E-state index is 6.22. The van der Waals surface area contributed by atoms with E-state index in [4.69, 9.17) is 20.2 Å². The van der Waals surface area contributed by atoms with Gasteiger partial charge in [0.15, 0.2) is 11.5 Å². The van der Waals surface area contributed by atoms with Crippen LogP contribution in [0.5, 0.6) is 11.5 Å². The first-order valence-corrected chi connectivity index (χ1v) is 8.31. The van der Waals surface area contributed by atoms with Crippen molar-refractivity contribution in [2.75, 3.05) is 13.2 Å². The molecule has 1 atom stereocenters. The van der Waals surface area contributed by atoms with Gasteiger partial charge >= 0.3 is 0 Å². The number of imidazole rings is 1. The van der Waals surface area contributed by atoms with E-state index < -0.39 is 0 Å². The summed E-state index contributed by atoms with van der Waals surface area (Å²) in [6.45, 7) is 4.16. The Morgan fingerprint density at radius 3 is 2.64 bits per heavy atom. The quantitative estimate of drug-likeness (QED) is 0.943. The summed E-state index contributed by atoms with van der Waals surface area (Å²) in [5, 5.41) is 0. The highest BCUT2D eigenvalue weighted by Gasteiger charge is 2.27. The van der Waals surface area contributed by atoms with E-state index in [1.165, 1.54) is 25.1 Å². The summed E-state index contributed by atoms with van der Waals surface area (Å²) in [7, 11) is 0. The highest BCUT2D eigenvalue weighted by Crippen LogP contribution is 2.40. The molecular weight excluding hydrogens is 278 g/mol. The molecule has 0 saturated heterocycles. The summed E-state index contributed by atoms with van der Waals surface area (Å²) >= 11 is 0. The van der Waals surface area contributed by atoms with Gasteiger partial charge in [-0.3, -0.25) is 0 Å². The van der Waals surface area contributed by atoms with Gasteiger partial charge in [-0.1, -0.05) is 13.3 Å². The number of nitrogens with two attached hydrogens (primary N) is 1. The van der Waals surface area contributed by atoms with Gasteiger partial charge in [0.1, 0.15) is 19.0 Å². The minimum absolute atomic E-state index is 0.157. The third-order valence-corrected chi connectivity index (χ3v) is 4.85. The van der Waals surface area contributed by atoms with Gasteiger partial charge in [0.05, 0.1) is 11.0 Å². The van der Waals surface area contributed by atoms with Crippen LogP contribution >= 0.6 is 0 Å². The summed E-state index contributed by atoms with van der Waals surface area (Å²) in [5.74, 6) is 3.40. The number of ether oxygens (including phenoxy) is 2. The zero-order valence-electron chi connectivity index (χ0n) is 13.0. The van der Waals surface area contributed by atoms with Crippen LogP contribution in [0.4, 0.5) is 0 Å². The third kappa shape index (κ3) is 2.24. The van der Waals surface area contributed by atoms with Crippen LogP contribution in [0, 0.1) is 0 Å². The van der Waals surface area contributed by atoms with Gasteiger partial charge in [-0.05, 0) is 19.3 Å². The Morgan fingerprint density at radius 1 is 1.27 bits per heavy atom. The largest absolute Gasteiger partial charge is 0.486 e. The molecule has 1 aromatic carbocycles. The zero-order valence-corrected chi connectivity index (χ0v) is 13.0. The Hall–Kier alpha value is -1.75. The molecule has 2 aliphatic rings. The Balaban J connectivity index is 1.83. The van der Waals surface area contributed by atoms with Crippen LogP contribution in [0.1, 0.15) is 44.3 Å². The minimum atomic E-state index is 0.157. The van der Waals surface area contributed by atoms with Crippen LogP contribution < -0.4 is 15.2 Å². The van der Waals surface area contributed by atoms with Crippen molar-refractivity contribution in [2.45, 2.75) is 51.1 Å². The molecule has 4 rings (SSSR count). The first-order chi connectivity index (χ1) is 10.8. The maximum Gasteiger partial charge on any atom is 0.163 e. The predicted octanol–water partition coefficient (Wildman–Crippen LogP) is 2.81. The Bertz CT molecular complexity index is 691. The van der Waals surface area contributed by atoms with Crippen LogP contribution in [0.3, 0.4) is 0 Å². The van der Waals surface area contributed by atoms with E-state index in [-0.39, 0.29) is 6.04 Å². The van der Waals surface area contributed by atoms with E-state index in [0.29, 0.717) is 19.1 Å². The molecular formula is C17H23N3O2. The molecule has 2 N–H and O–H groups in total. The summed E-state index contributed by atoms with van der Waals surface area (Å²) in [6.07, 6.45) is 4.74. The lowest BCUT2D eigenvalue weighted by Crippen LogP contribution is -2.27. The second kappa shape index (κ2) is 5.47. The Morgan fingerprint density at radius 2 is 2.00 bits per heavy atom. The molecule has 1 aliphatic heterocycles. The topological polar surface area (TPSA) is 62.3 Å². The number of hydrogen-bond acceptors (Lipinski definition) is 4. The second-order valence-corrected chi connectivity index (χ2v) is 6.36. The lowest BCUT2D eigenvalue weighted by molar-refractivity contribution is 0.172. The molecule has 1 unspecified atom stereocenters. The fourth-order valence-corrected chi connectivity index (χ4v) is 3.21.